The van der Waals surface area contributed by atoms with Crippen molar-refractivity contribution >= 4 is 27.4 Å². The fraction of sp³-hybridized carbons (Fsp3) is 0.0727. The second kappa shape index (κ2) is 17.6. The molecule has 4 nitrogen and oxygen atoms in total. The quantitative estimate of drug-likeness (QED) is 0.0660. The topological polar surface area (TPSA) is 62.4 Å². The molecule has 0 spiro atoms. The van der Waals surface area contributed by atoms with Crippen LogP contribution in [0, 0.1) is 0 Å². The van der Waals surface area contributed by atoms with E-state index in [9.17, 15) is 0 Å². The van der Waals surface area contributed by atoms with E-state index in [0.29, 0.717) is 6.54 Å². The minimum absolute atomic E-state index is 0.374. The van der Waals surface area contributed by atoms with Crippen LogP contribution in [0.4, 0.5) is 0 Å². The highest BCUT2D eigenvalue weighted by molar-refractivity contribution is 6.12. The van der Waals surface area contributed by atoms with Crippen molar-refractivity contribution in [2.24, 2.45) is 10.7 Å². The van der Waals surface area contributed by atoms with Crippen molar-refractivity contribution in [3.05, 3.63) is 240 Å². The molecular weight excluding hydrogens is 717 g/mol. The molecule has 0 saturated carbocycles. The van der Waals surface area contributed by atoms with Gasteiger partial charge in [0.1, 0.15) is 12.0 Å². The van der Waals surface area contributed by atoms with Crippen LogP contribution >= 0.6 is 0 Å². The largest absolute Gasteiger partial charge is 0.351 e. The molecule has 9 aromatic carbocycles. The molecule has 59 heavy (non-hydrogen) atoms. The van der Waals surface area contributed by atoms with Gasteiger partial charge in [-0.25, -0.2) is 0 Å². The number of nitrogens with two attached hydrogens (primary N) is 1. The summed E-state index contributed by atoms with van der Waals surface area (Å²) < 4.78 is 0. The molecule has 0 amide bonds. The molecule has 0 aliphatic carbocycles. The molecule has 0 fully saturated rings. The SMILES string of the molecule is NC(NC(=NCc1ccc(-c2ccc(-c3ccc(-c4ccc(CNCc5ccccc5)cc4)c4ccccc34)c3ccccc23)cc1)c1ccccc1)c1ccccc1. The molecule has 0 radical (unpaired) electrons. The third-order valence-corrected chi connectivity index (χ3v) is 11.1. The number of rotatable bonds is 12. The lowest BCUT2D eigenvalue weighted by molar-refractivity contribution is 0.679. The van der Waals surface area contributed by atoms with Gasteiger partial charge in [0.25, 0.3) is 0 Å². The Labute approximate surface area is 346 Å². The lowest BCUT2D eigenvalue weighted by Gasteiger charge is -2.18. The molecule has 1 atom stereocenters. The Bertz CT molecular complexity index is 2830. The molecule has 0 heterocycles. The van der Waals surface area contributed by atoms with Crippen LogP contribution < -0.4 is 16.4 Å². The third kappa shape index (κ3) is 8.46. The predicted molar refractivity (Wildman–Crippen MR) is 248 cm³/mol. The molecule has 9 aromatic rings. The van der Waals surface area contributed by atoms with Crippen molar-refractivity contribution in [3.63, 3.8) is 0 Å². The van der Waals surface area contributed by atoms with Crippen LogP contribution in [0.25, 0.3) is 54.9 Å². The molecular formula is C55H46N4. The summed E-state index contributed by atoms with van der Waals surface area (Å²) in [5, 5.41) is 12.0. The van der Waals surface area contributed by atoms with Crippen LogP contribution in [0.3, 0.4) is 0 Å². The maximum absolute atomic E-state index is 6.57. The van der Waals surface area contributed by atoms with Gasteiger partial charge in [-0.3, -0.25) is 4.99 Å². The van der Waals surface area contributed by atoms with Gasteiger partial charge < -0.3 is 16.4 Å². The highest BCUT2D eigenvalue weighted by Gasteiger charge is 2.15. The predicted octanol–water partition coefficient (Wildman–Crippen LogP) is 12.5. The first kappa shape index (κ1) is 37.5. The van der Waals surface area contributed by atoms with E-state index < -0.39 is 0 Å². The number of fused-ring (bicyclic) bond motifs is 2. The minimum Gasteiger partial charge on any atom is -0.351 e. The average molecular weight is 763 g/mol. The van der Waals surface area contributed by atoms with E-state index >= 15 is 0 Å². The highest BCUT2D eigenvalue weighted by Crippen LogP contribution is 2.41. The Hall–Kier alpha value is -7.11. The molecule has 4 N–H and O–H groups in total. The molecule has 4 heteroatoms. The lowest BCUT2D eigenvalue weighted by Crippen LogP contribution is -2.34. The summed E-state index contributed by atoms with van der Waals surface area (Å²) in [7, 11) is 0. The number of amidine groups is 1. The van der Waals surface area contributed by atoms with E-state index in [1.54, 1.807) is 0 Å². The molecule has 1 unspecified atom stereocenters. The second-order valence-electron chi connectivity index (χ2n) is 15.0. The Morgan fingerprint density at radius 3 is 1.34 bits per heavy atom. The van der Waals surface area contributed by atoms with E-state index in [4.69, 9.17) is 10.7 Å². The van der Waals surface area contributed by atoms with Crippen LogP contribution in [0.2, 0.25) is 0 Å². The van der Waals surface area contributed by atoms with Gasteiger partial charge in [-0.15, -0.1) is 0 Å². The van der Waals surface area contributed by atoms with Crippen LogP contribution in [-0.2, 0) is 19.6 Å². The average Bonchev–Trinajstić information content (AvgIpc) is 3.31. The summed E-state index contributed by atoms with van der Waals surface area (Å²) in [6.07, 6.45) is -0.374. The van der Waals surface area contributed by atoms with Crippen LogP contribution in [0.15, 0.2) is 217 Å². The standard InChI is InChI=1S/C55H46N4/c56-54(44-16-6-2-7-17-44)59-55(45-18-8-3-9-19-45)58-38-41-26-30-43(31-27-41)47-33-35-53(51-23-13-11-21-49(47)51)52-34-32-46(48-20-10-12-22-50(48)52)42-28-24-40(25-29-42)37-57-36-39-14-4-1-5-15-39/h1-35,54,57H,36-38,56H2,(H,58,59). The van der Waals surface area contributed by atoms with E-state index in [2.05, 4.69) is 174 Å². The zero-order valence-electron chi connectivity index (χ0n) is 32.9. The zero-order valence-corrected chi connectivity index (χ0v) is 32.9. The van der Waals surface area contributed by atoms with Gasteiger partial charge in [0, 0.05) is 18.7 Å². The fourth-order valence-corrected chi connectivity index (χ4v) is 7.99. The van der Waals surface area contributed by atoms with Crippen molar-refractivity contribution in [2.45, 2.75) is 25.8 Å². The first-order valence-electron chi connectivity index (χ1n) is 20.3. The van der Waals surface area contributed by atoms with Crippen molar-refractivity contribution < 1.29 is 0 Å². The number of hydrogen-bond donors (Lipinski definition) is 3. The van der Waals surface area contributed by atoms with E-state index in [-0.39, 0.29) is 6.17 Å². The van der Waals surface area contributed by atoms with Gasteiger partial charge >= 0.3 is 0 Å². The molecule has 0 bridgehead atoms. The van der Waals surface area contributed by atoms with E-state index in [0.717, 1.165) is 35.6 Å². The third-order valence-electron chi connectivity index (χ3n) is 11.1. The Morgan fingerprint density at radius 1 is 0.407 bits per heavy atom. The summed E-state index contributed by atoms with van der Waals surface area (Å²) in [6.45, 7) is 2.21. The second-order valence-corrected chi connectivity index (χ2v) is 15.0. The lowest BCUT2D eigenvalue weighted by atomic mass is 9.88. The van der Waals surface area contributed by atoms with Gasteiger partial charge in [-0.2, -0.15) is 0 Å². The smallest absolute Gasteiger partial charge is 0.130 e. The first-order chi connectivity index (χ1) is 29.2. The molecule has 0 aromatic heterocycles. The van der Waals surface area contributed by atoms with Gasteiger partial charge in [0.15, 0.2) is 0 Å². The van der Waals surface area contributed by atoms with Gasteiger partial charge in [-0.05, 0) is 77.2 Å². The van der Waals surface area contributed by atoms with E-state index in [1.165, 1.54) is 66.1 Å². The van der Waals surface area contributed by atoms with Crippen LogP contribution in [0.5, 0.6) is 0 Å². The van der Waals surface area contributed by atoms with Gasteiger partial charge in [0.05, 0.1) is 6.54 Å². The summed E-state index contributed by atoms with van der Waals surface area (Å²) >= 11 is 0. The summed E-state index contributed by atoms with van der Waals surface area (Å²) in [6, 6.07) is 75.3. The maximum atomic E-state index is 6.57. The van der Waals surface area contributed by atoms with Gasteiger partial charge in [-0.1, -0.05) is 212 Å². The number of hydrogen-bond acceptors (Lipinski definition) is 3. The maximum Gasteiger partial charge on any atom is 0.130 e. The number of aliphatic imine (C=N–C) groups is 1. The van der Waals surface area contributed by atoms with Crippen LogP contribution in [0.1, 0.15) is 34.0 Å². The summed E-state index contributed by atoms with van der Waals surface area (Å²) in [5.74, 6) is 0.772. The fourth-order valence-electron chi connectivity index (χ4n) is 7.99. The molecule has 286 valence electrons. The summed E-state index contributed by atoms with van der Waals surface area (Å²) in [4.78, 5) is 5.02. The van der Waals surface area contributed by atoms with Crippen LogP contribution in [-0.4, -0.2) is 5.84 Å². The highest BCUT2D eigenvalue weighted by atomic mass is 15.1. The zero-order chi connectivity index (χ0) is 39.8. The van der Waals surface area contributed by atoms with Crippen molar-refractivity contribution in [1.82, 2.24) is 10.6 Å². The number of benzene rings is 9. The van der Waals surface area contributed by atoms with Crippen molar-refractivity contribution in [1.29, 1.82) is 0 Å². The Balaban J connectivity index is 0.967. The van der Waals surface area contributed by atoms with Crippen molar-refractivity contribution in [3.8, 4) is 33.4 Å². The monoisotopic (exact) mass is 762 g/mol. The first-order valence-corrected chi connectivity index (χ1v) is 20.3. The normalized spacial score (nSPS) is 12.1. The summed E-state index contributed by atoms with van der Waals surface area (Å²) in [5.41, 5.74) is 19.6. The minimum atomic E-state index is -0.374. The Kier molecular flexibility index (Phi) is 11.2. The number of nitrogens with zero attached hydrogens (tertiary/aromatic N) is 1. The number of nitrogens with one attached hydrogen (secondary N) is 2. The Morgan fingerprint density at radius 2 is 0.814 bits per heavy atom. The molecule has 0 aliphatic heterocycles. The molecule has 0 saturated heterocycles. The van der Waals surface area contributed by atoms with Crippen molar-refractivity contribution in [2.75, 3.05) is 0 Å². The molecule has 0 aliphatic rings. The van der Waals surface area contributed by atoms with E-state index in [1.807, 2.05) is 48.5 Å². The molecule has 9 rings (SSSR count). The van der Waals surface area contributed by atoms with Gasteiger partial charge in [0.2, 0.25) is 0 Å².